The average molecular weight is 240 g/mol. The van der Waals surface area contributed by atoms with Crippen molar-refractivity contribution in [2.24, 2.45) is 0 Å². The molecule has 1 aliphatic carbocycles. The molecule has 1 aliphatic rings. The van der Waals surface area contributed by atoms with Crippen LogP contribution in [0.25, 0.3) is 5.57 Å². The van der Waals surface area contributed by atoms with Crippen LogP contribution in [0.3, 0.4) is 0 Å². The van der Waals surface area contributed by atoms with Gasteiger partial charge >= 0.3 is 0 Å². The number of carbonyl (C=O) groups excluding carboxylic acids is 2. The van der Waals surface area contributed by atoms with Gasteiger partial charge < -0.3 is 0 Å². The molecule has 2 rings (SSSR count). The molecule has 2 heteroatoms. The van der Waals surface area contributed by atoms with Gasteiger partial charge in [-0.3, -0.25) is 9.59 Å². The summed E-state index contributed by atoms with van der Waals surface area (Å²) in [4.78, 5) is 24.1. The zero-order chi connectivity index (χ0) is 13.4. The first-order chi connectivity index (χ1) is 8.45. The van der Waals surface area contributed by atoms with E-state index in [-0.39, 0.29) is 11.6 Å². The topological polar surface area (TPSA) is 34.1 Å². The first-order valence-corrected chi connectivity index (χ1v) is 5.99. The molecule has 0 unspecified atom stereocenters. The highest BCUT2D eigenvalue weighted by Gasteiger charge is 2.30. The fraction of sp³-hybridized carbons (Fsp3) is 0.250. The van der Waals surface area contributed by atoms with E-state index in [0.717, 1.165) is 22.3 Å². The summed E-state index contributed by atoms with van der Waals surface area (Å²) in [6.07, 6.45) is 0. The highest BCUT2D eigenvalue weighted by molar-refractivity contribution is 6.59. The van der Waals surface area contributed by atoms with E-state index in [9.17, 15) is 9.59 Å². The second kappa shape index (κ2) is 4.37. The van der Waals surface area contributed by atoms with Gasteiger partial charge in [0.25, 0.3) is 0 Å². The number of allylic oxidation sites excluding steroid dienone is 4. The molecule has 0 heterocycles. The number of benzene rings is 1. The van der Waals surface area contributed by atoms with Crippen molar-refractivity contribution in [1.29, 1.82) is 0 Å². The van der Waals surface area contributed by atoms with Crippen molar-refractivity contribution < 1.29 is 9.59 Å². The molecule has 1 aromatic rings. The van der Waals surface area contributed by atoms with Crippen molar-refractivity contribution in [1.82, 2.24) is 0 Å². The van der Waals surface area contributed by atoms with Crippen molar-refractivity contribution >= 4 is 17.1 Å². The summed E-state index contributed by atoms with van der Waals surface area (Å²) in [6, 6.07) is 7.67. The average Bonchev–Trinajstić information content (AvgIpc) is 2.36. The molecule has 0 aromatic heterocycles. The lowest BCUT2D eigenvalue weighted by molar-refractivity contribution is -0.131. The van der Waals surface area contributed by atoms with Crippen LogP contribution in [-0.2, 0) is 9.59 Å². The van der Waals surface area contributed by atoms with E-state index in [4.69, 9.17) is 0 Å². The summed E-state index contributed by atoms with van der Waals surface area (Å²) < 4.78 is 0. The smallest absolute Gasteiger partial charge is 0.234 e. The zero-order valence-electron chi connectivity index (χ0n) is 11.1. The van der Waals surface area contributed by atoms with Crippen LogP contribution in [0.1, 0.15) is 31.9 Å². The Hall–Kier alpha value is -1.96. The molecule has 18 heavy (non-hydrogen) atoms. The van der Waals surface area contributed by atoms with Gasteiger partial charge in [0.1, 0.15) is 0 Å². The lowest BCUT2D eigenvalue weighted by atomic mass is 9.82. The molecule has 0 saturated carbocycles. The second-order valence-electron chi connectivity index (χ2n) is 4.72. The van der Waals surface area contributed by atoms with Crippen LogP contribution < -0.4 is 0 Å². The number of hydrogen-bond acceptors (Lipinski definition) is 2. The maximum absolute atomic E-state index is 12.2. The summed E-state index contributed by atoms with van der Waals surface area (Å²) in [7, 11) is 0. The number of rotatable bonds is 1. The SMILES string of the molecule is CC1=C(C)C(C)=C(c2ccccc2C)C(=O)C1=O. The fourth-order valence-electron chi connectivity index (χ4n) is 2.27. The summed E-state index contributed by atoms with van der Waals surface area (Å²) in [5, 5.41) is 0. The Morgan fingerprint density at radius 1 is 0.722 bits per heavy atom. The normalized spacial score (nSPS) is 16.7. The first-order valence-electron chi connectivity index (χ1n) is 5.99. The highest BCUT2D eigenvalue weighted by Crippen LogP contribution is 2.32. The molecule has 0 fully saturated rings. The van der Waals surface area contributed by atoms with E-state index in [1.807, 2.05) is 45.0 Å². The van der Waals surface area contributed by atoms with Gasteiger partial charge in [0.15, 0.2) is 0 Å². The first kappa shape index (κ1) is 12.5. The summed E-state index contributed by atoms with van der Waals surface area (Å²) >= 11 is 0. The van der Waals surface area contributed by atoms with Crippen LogP contribution in [0.15, 0.2) is 41.0 Å². The number of aryl methyl sites for hydroxylation is 1. The maximum Gasteiger partial charge on any atom is 0.234 e. The minimum Gasteiger partial charge on any atom is -0.285 e. The molecule has 0 amide bonds. The Kier molecular flexibility index (Phi) is 3.04. The summed E-state index contributed by atoms with van der Waals surface area (Å²) in [6.45, 7) is 7.47. The predicted octanol–water partition coefficient (Wildman–Crippen LogP) is 3.26. The minimum absolute atomic E-state index is 0.378. The van der Waals surface area contributed by atoms with E-state index < -0.39 is 0 Å². The Balaban J connectivity index is 2.74. The van der Waals surface area contributed by atoms with Gasteiger partial charge in [-0.1, -0.05) is 24.3 Å². The lowest BCUT2D eigenvalue weighted by Crippen LogP contribution is -2.23. The molecule has 0 N–H and O–H groups in total. The number of hydrogen-bond donors (Lipinski definition) is 0. The molecule has 92 valence electrons. The maximum atomic E-state index is 12.2. The van der Waals surface area contributed by atoms with Crippen molar-refractivity contribution in [3.8, 4) is 0 Å². The van der Waals surface area contributed by atoms with Crippen LogP contribution in [0.5, 0.6) is 0 Å². The van der Waals surface area contributed by atoms with Gasteiger partial charge in [-0.15, -0.1) is 0 Å². The van der Waals surface area contributed by atoms with Crippen molar-refractivity contribution in [2.75, 3.05) is 0 Å². The minimum atomic E-state index is -0.384. The Bertz CT molecular complexity index is 616. The lowest BCUT2D eigenvalue weighted by Gasteiger charge is -2.20. The van der Waals surface area contributed by atoms with E-state index >= 15 is 0 Å². The molecule has 1 aromatic carbocycles. The Labute approximate surface area is 107 Å². The zero-order valence-corrected chi connectivity index (χ0v) is 11.1. The molecule has 0 saturated heterocycles. The monoisotopic (exact) mass is 240 g/mol. The molecular formula is C16H16O2. The van der Waals surface area contributed by atoms with Crippen molar-refractivity contribution in [3.63, 3.8) is 0 Å². The molecule has 2 nitrogen and oxygen atoms in total. The molecule has 0 atom stereocenters. The van der Waals surface area contributed by atoms with Gasteiger partial charge in [-0.2, -0.15) is 0 Å². The number of ketones is 2. The Morgan fingerprint density at radius 2 is 1.33 bits per heavy atom. The van der Waals surface area contributed by atoms with Gasteiger partial charge in [-0.05, 0) is 50.0 Å². The number of Topliss-reactive ketones (excluding diaryl/α,β-unsaturated/α-hetero) is 2. The van der Waals surface area contributed by atoms with Crippen LogP contribution in [-0.4, -0.2) is 11.6 Å². The molecule has 0 aliphatic heterocycles. The standard InChI is InChI=1S/C16H16O2/c1-9-7-5-6-8-13(9)14-11(3)10(2)12(4)15(17)16(14)18/h5-8H,1-4H3. The molecule has 0 bridgehead atoms. The number of carbonyl (C=O) groups is 2. The highest BCUT2D eigenvalue weighted by atomic mass is 16.2. The van der Waals surface area contributed by atoms with Gasteiger partial charge in [-0.25, -0.2) is 0 Å². The molecule has 0 radical (unpaired) electrons. The summed E-state index contributed by atoms with van der Waals surface area (Å²) in [5.74, 6) is -0.763. The van der Waals surface area contributed by atoms with Gasteiger partial charge in [0, 0.05) is 11.1 Å². The molecule has 0 spiro atoms. The van der Waals surface area contributed by atoms with E-state index in [0.29, 0.717) is 11.1 Å². The van der Waals surface area contributed by atoms with Gasteiger partial charge in [0.05, 0.1) is 0 Å². The third kappa shape index (κ3) is 1.74. The van der Waals surface area contributed by atoms with Crippen LogP contribution >= 0.6 is 0 Å². The van der Waals surface area contributed by atoms with E-state index in [2.05, 4.69) is 0 Å². The summed E-state index contributed by atoms with van der Waals surface area (Å²) in [5.41, 5.74) is 4.82. The fourth-order valence-corrected chi connectivity index (χ4v) is 2.27. The van der Waals surface area contributed by atoms with Crippen molar-refractivity contribution in [3.05, 3.63) is 52.1 Å². The van der Waals surface area contributed by atoms with Gasteiger partial charge in [0.2, 0.25) is 11.6 Å². The van der Waals surface area contributed by atoms with E-state index in [1.165, 1.54) is 0 Å². The van der Waals surface area contributed by atoms with Crippen LogP contribution in [0.2, 0.25) is 0 Å². The Morgan fingerprint density at radius 3 is 1.94 bits per heavy atom. The van der Waals surface area contributed by atoms with Crippen molar-refractivity contribution in [2.45, 2.75) is 27.7 Å². The quantitative estimate of drug-likeness (QED) is 0.557. The predicted molar refractivity (Wildman–Crippen MR) is 72.2 cm³/mol. The van der Waals surface area contributed by atoms with Crippen LogP contribution in [0, 0.1) is 6.92 Å². The second-order valence-corrected chi connectivity index (χ2v) is 4.72. The third-order valence-corrected chi connectivity index (χ3v) is 3.69. The van der Waals surface area contributed by atoms with Crippen LogP contribution in [0.4, 0.5) is 0 Å². The van der Waals surface area contributed by atoms with E-state index in [1.54, 1.807) is 6.92 Å². The molecular weight excluding hydrogens is 224 g/mol. The third-order valence-electron chi connectivity index (χ3n) is 3.69. The largest absolute Gasteiger partial charge is 0.285 e.